The van der Waals surface area contributed by atoms with Crippen molar-refractivity contribution in [1.29, 1.82) is 0 Å². The molecule has 0 N–H and O–H groups in total. The van der Waals surface area contributed by atoms with Gasteiger partial charge in [0.05, 0.1) is 33.4 Å². The minimum atomic E-state index is -0.230. The van der Waals surface area contributed by atoms with Crippen LogP contribution in [0.25, 0.3) is 11.1 Å². The third-order valence-corrected chi connectivity index (χ3v) is 8.14. The second kappa shape index (κ2) is 12.7. The van der Waals surface area contributed by atoms with Crippen molar-refractivity contribution in [2.45, 2.75) is 45.6 Å². The van der Waals surface area contributed by atoms with E-state index in [1.807, 2.05) is 36.0 Å². The van der Waals surface area contributed by atoms with Crippen molar-refractivity contribution in [2.75, 3.05) is 38.4 Å². The van der Waals surface area contributed by atoms with Gasteiger partial charge in [-0.3, -0.25) is 4.79 Å². The molecule has 2 aliphatic rings. The fourth-order valence-electron chi connectivity index (χ4n) is 5.21. The van der Waals surface area contributed by atoms with Gasteiger partial charge in [-0.1, -0.05) is 19.1 Å². The SMILES string of the molecule is CCSCCCOc1cc(C)c2c(c1)CCOc1ccc(COc3ccc4c(c3)OCC4CC(=O)OC)cc1-2. The van der Waals surface area contributed by atoms with Crippen LogP contribution >= 0.6 is 11.8 Å². The Morgan fingerprint density at radius 1 is 1.03 bits per heavy atom. The van der Waals surface area contributed by atoms with Gasteiger partial charge in [-0.05, 0) is 77.4 Å². The number of rotatable bonds is 11. The minimum absolute atomic E-state index is 0.0142. The molecule has 7 heteroatoms. The predicted octanol–water partition coefficient (Wildman–Crippen LogP) is 6.74. The molecule has 0 radical (unpaired) electrons. The summed E-state index contributed by atoms with van der Waals surface area (Å²) in [6.07, 6.45) is 2.20. The van der Waals surface area contributed by atoms with E-state index in [9.17, 15) is 4.79 Å². The van der Waals surface area contributed by atoms with Crippen LogP contribution in [0.3, 0.4) is 0 Å². The number of fused-ring (bicyclic) bond motifs is 4. The lowest BCUT2D eigenvalue weighted by atomic mass is 9.92. The standard InChI is InChI=1S/C32H36O6S/c1-4-39-13-5-11-35-26-14-21(2)32-23(16-26)10-12-36-29-9-6-22(15-28(29)32)19-37-25-7-8-27-24(17-31(33)34-3)20-38-30(27)18-25/h6-9,14-16,18,24H,4-5,10-13,17,19-20H2,1-3H3. The molecule has 2 aliphatic heterocycles. The lowest BCUT2D eigenvalue weighted by Gasteiger charge is -2.16. The van der Waals surface area contributed by atoms with E-state index in [1.165, 1.54) is 23.8 Å². The molecule has 3 aromatic rings. The monoisotopic (exact) mass is 548 g/mol. The van der Waals surface area contributed by atoms with Crippen LogP contribution in [-0.4, -0.2) is 44.4 Å². The van der Waals surface area contributed by atoms with E-state index in [1.54, 1.807) is 0 Å². The highest BCUT2D eigenvalue weighted by molar-refractivity contribution is 7.99. The number of ether oxygens (including phenoxy) is 5. The summed E-state index contributed by atoms with van der Waals surface area (Å²) in [5.41, 5.74) is 6.83. The number of esters is 1. The number of carbonyl (C=O) groups excluding carboxylic acids is 1. The molecule has 1 unspecified atom stereocenters. The van der Waals surface area contributed by atoms with Crippen molar-refractivity contribution in [3.8, 4) is 34.1 Å². The maximum absolute atomic E-state index is 11.7. The highest BCUT2D eigenvalue weighted by Gasteiger charge is 2.27. The first-order valence-corrected chi connectivity index (χ1v) is 14.8. The molecule has 1 atom stereocenters. The zero-order chi connectivity index (χ0) is 27.2. The molecule has 0 saturated heterocycles. The highest BCUT2D eigenvalue weighted by atomic mass is 32.2. The van der Waals surface area contributed by atoms with Crippen molar-refractivity contribution < 1.29 is 28.5 Å². The first-order chi connectivity index (χ1) is 19.1. The first-order valence-electron chi connectivity index (χ1n) is 13.6. The number of hydrogen-bond acceptors (Lipinski definition) is 7. The number of thioether (sulfide) groups is 1. The lowest BCUT2D eigenvalue weighted by molar-refractivity contribution is -0.141. The third kappa shape index (κ3) is 6.47. The van der Waals surface area contributed by atoms with Gasteiger partial charge in [0, 0.05) is 29.5 Å². The molecule has 0 fully saturated rings. The molecule has 0 aromatic heterocycles. The quantitative estimate of drug-likeness (QED) is 0.194. The van der Waals surface area contributed by atoms with Crippen LogP contribution in [-0.2, 0) is 22.6 Å². The summed E-state index contributed by atoms with van der Waals surface area (Å²) in [4.78, 5) is 11.7. The van der Waals surface area contributed by atoms with Gasteiger partial charge in [0.25, 0.3) is 0 Å². The first kappa shape index (κ1) is 27.3. The van der Waals surface area contributed by atoms with Gasteiger partial charge in [0.15, 0.2) is 0 Å². The summed E-state index contributed by atoms with van der Waals surface area (Å²) >= 11 is 1.95. The van der Waals surface area contributed by atoms with Crippen LogP contribution in [0.4, 0.5) is 0 Å². The topological polar surface area (TPSA) is 63.2 Å². The van der Waals surface area contributed by atoms with Gasteiger partial charge in [0.1, 0.15) is 29.6 Å². The van der Waals surface area contributed by atoms with E-state index >= 15 is 0 Å². The zero-order valence-corrected chi connectivity index (χ0v) is 23.7. The maximum atomic E-state index is 11.7. The Labute approximate surface area is 234 Å². The summed E-state index contributed by atoms with van der Waals surface area (Å²) in [6, 6.07) is 16.4. The number of aryl methyl sites for hydroxylation is 1. The highest BCUT2D eigenvalue weighted by Crippen LogP contribution is 2.41. The summed E-state index contributed by atoms with van der Waals surface area (Å²) in [5, 5.41) is 0. The van der Waals surface area contributed by atoms with Gasteiger partial charge in [0.2, 0.25) is 0 Å². The van der Waals surface area contributed by atoms with Crippen LogP contribution < -0.4 is 18.9 Å². The average molecular weight is 549 g/mol. The van der Waals surface area contributed by atoms with Crippen LogP contribution in [0.15, 0.2) is 48.5 Å². The van der Waals surface area contributed by atoms with Gasteiger partial charge in [-0.25, -0.2) is 0 Å². The van der Waals surface area contributed by atoms with Crippen molar-refractivity contribution in [1.82, 2.24) is 0 Å². The summed E-state index contributed by atoms with van der Waals surface area (Å²) in [6.45, 7) is 6.60. The number of methoxy groups -OCH3 is 1. The molecule has 39 heavy (non-hydrogen) atoms. The molecule has 0 saturated carbocycles. The van der Waals surface area contributed by atoms with E-state index in [0.29, 0.717) is 26.2 Å². The van der Waals surface area contributed by atoms with E-state index < -0.39 is 0 Å². The molecule has 0 bridgehead atoms. The van der Waals surface area contributed by atoms with Crippen LogP contribution in [0, 0.1) is 6.92 Å². The fourth-order valence-corrected chi connectivity index (χ4v) is 5.82. The maximum Gasteiger partial charge on any atom is 0.306 e. The van der Waals surface area contributed by atoms with Crippen LogP contribution in [0.1, 0.15) is 47.9 Å². The summed E-state index contributed by atoms with van der Waals surface area (Å²) in [5.74, 6) is 5.38. The van der Waals surface area contributed by atoms with Gasteiger partial charge < -0.3 is 23.7 Å². The largest absolute Gasteiger partial charge is 0.494 e. The normalized spacial score (nSPS) is 15.2. The van der Waals surface area contributed by atoms with Crippen molar-refractivity contribution >= 4 is 17.7 Å². The van der Waals surface area contributed by atoms with Gasteiger partial charge in [-0.15, -0.1) is 0 Å². The number of carbonyl (C=O) groups is 1. The van der Waals surface area contributed by atoms with Crippen molar-refractivity contribution in [3.05, 3.63) is 70.8 Å². The van der Waals surface area contributed by atoms with E-state index in [-0.39, 0.29) is 11.9 Å². The van der Waals surface area contributed by atoms with Crippen molar-refractivity contribution in [3.63, 3.8) is 0 Å². The Kier molecular flexibility index (Phi) is 8.87. The van der Waals surface area contributed by atoms with Crippen molar-refractivity contribution in [2.24, 2.45) is 0 Å². The zero-order valence-electron chi connectivity index (χ0n) is 22.9. The summed E-state index contributed by atoms with van der Waals surface area (Å²) < 4.78 is 29.0. The smallest absolute Gasteiger partial charge is 0.306 e. The predicted molar refractivity (Wildman–Crippen MR) is 155 cm³/mol. The molecule has 0 amide bonds. The average Bonchev–Trinajstić information content (AvgIpc) is 3.23. The van der Waals surface area contributed by atoms with E-state index in [4.69, 9.17) is 23.7 Å². The second-order valence-electron chi connectivity index (χ2n) is 9.88. The molecule has 5 rings (SSSR count). The number of benzene rings is 3. The molecular weight excluding hydrogens is 512 g/mol. The summed E-state index contributed by atoms with van der Waals surface area (Å²) in [7, 11) is 1.41. The Morgan fingerprint density at radius 2 is 1.92 bits per heavy atom. The fraction of sp³-hybridized carbons (Fsp3) is 0.406. The molecule has 3 aromatic carbocycles. The van der Waals surface area contributed by atoms with Gasteiger partial charge in [-0.2, -0.15) is 11.8 Å². The van der Waals surface area contributed by atoms with Crippen LogP contribution in [0.2, 0.25) is 0 Å². The van der Waals surface area contributed by atoms with Gasteiger partial charge >= 0.3 is 5.97 Å². The molecule has 206 valence electrons. The minimum Gasteiger partial charge on any atom is -0.494 e. The Balaban J connectivity index is 1.29. The molecule has 2 heterocycles. The lowest BCUT2D eigenvalue weighted by Crippen LogP contribution is -2.09. The van der Waals surface area contributed by atoms with Crippen LogP contribution in [0.5, 0.6) is 23.0 Å². The Hall–Kier alpha value is -3.32. The van der Waals surface area contributed by atoms with E-state index in [0.717, 1.165) is 70.6 Å². The second-order valence-corrected chi connectivity index (χ2v) is 11.3. The molecule has 0 aliphatic carbocycles. The molecular formula is C32H36O6S. The van der Waals surface area contributed by atoms with E-state index in [2.05, 4.69) is 38.1 Å². The Bertz CT molecular complexity index is 1320. The molecule has 0 spiro atoms. The number of hydrogen-bond donors (Lipinski definition) is 0. The third-order valence-electron chi connectivity index (χ3n) is 7.15. The molecule has 6 nitrogen and oxygen atoms in total. The Morgan fingerprint density at radius 3 is 2.77 bits per heavy atom.